The van der Waals surface area contributed by atoms with Gasteiger partial charge in [0.25, 0.3) is 5.89 Å². The Hall–Kier alpha value is -2.28. The summed E-state index contributed by atoms with van der Waals surface area (Å²) in [5.74, 6) is 5.02. The molecule has 0 saturated carbocycles. The fraction of sp³-hybridized carbons (Fsp3) is 0.111. The number of hydrogen-bond donors (Lipinski definition) is 2. The first-order chi connectivity index (χ1) is 7.79. The number of pyridine rings is 1. The van der Waals surface area contributed by atoms with Gasteiger partial charge in [-0.15, -0.1) is 10.2 Å². The molecule has 2 aromatic heterocycles. The number of rotatable bonds is 3. The van der Waals surface area contributed by atoms with Gasteiger partial charge in [0.15, 0.2) is 0 Å². The van der Waals surface area contributed by atoms with Gasteiger partial charge in [-0.05, 0) is 12.1 Å². The van der Waals surface area contributed by atoms with Gasteiger partial charge >= 0.3 is 0 Å². The zero-order valence-corrected chi connectivity index (χ0v) is 8.25. The van der Waals surface area contributed by atoms with E-state index in [0.717, 1.165) is 0 Å². The Balaban J connectivity index is 2.17. The lowest BCUT2D eigenvalue weighted by Gasteiger charge is -1.93. The summed E-state index contributed by atoms with van der Waals surface area (Å²) in [4.78, 5) is 15.0. The molecule has 7 nitrogen and oxygen atoms in total. The predicted molar refractivity (Wildman–Crippen MR) is 53.6 cm³/mol. The van der Waals surface area contributed by atoms with Crippen molar-refractivity contribution in [2.75, 3.05) is 0 Å². The van der Waals surface area contributed by atoms with Gasteiger partial charge in [-0.3, -0.25) is 15.2 Å². The number of hydrazine groups is 1. The van der Waals surface area contributed by atoms with Crippen molar-refractivity contribution in [3.63, 3.8) is 0 Å². The number of nitrogens with zero attached hydrogens (tertiary/aromatic N) is 3. The van der Waals surface area contributed by atoms with Crippen LogP contribution in [0.2, 0.25) is 0 Å². The summed E-state index contributed by atoms with van der Waals surface area (Å²) < 4.78 is 5.24. The van der Waals surface area contributed by atoms with Gasteiger partial charge in [-0.2, -0.15) is 0 Å². The number of hydrogen-bond acceptors (Lipinski definition) is 6. The second-order valence-corrected chi connectivity index (χ2v) is 2.96. The molecular weight excluding hydrogens is 210 g/mol. The van der Waals surface area contributed by atoms with Crippen molar-refractivity contribution in [1.29, 1.82) is 0 Å². The third-order valence-corrected chi connectivity index (χ3v) is 1.82. The van der Waals surface area contributed by atoms with Crippen LogP contribution in [0, 0.1) is 0 Å². The van der Waals surface area contributed by atoms with Crippen LogP contribution in [0.4, 0.5) is 0 Å². The largest absolute Gasteiger partial charge is 0.419 e. The van der Waals surface area contributed by atoms with Crippen LogP contribution in [0.5, 0.6) is 0 Å². The van der Waals surface area contributed by atoms with Crippen LogP contribution >= 0.6 is 0 Å². The quantitative estimate of drug-likeness (QED) is 0.415. The molecule has 3 N–H and O–H groups in total. The van der Waals surface area contributed by atoms with Gasteiger partial charge in [-0.1, -0.05) is 6.07 Å². The summed E-state index contributed by atoms with van der Waals surface area (Å²) in [6.07, 6.45) is 1.57. The zero-order chi connectivity index (χ0) is 11.4. The summed E-state index contributed by atoms with van der Waals surface area (Å²) in [6, 6.07) is 5.32. The fourth-order valence-corrected chi connectivity index (χ4v) is 1.11. The van der Waals surface area contributed by atoms with Crippen molar-refractivity contribution in [1.82, 2.24) is 20.6 Å². The molecule has 1 amide bonds. The Morgan fingerprint density at radius 3 is 3.00 bits per heavy atom. The first-order valence-corrected chi connectivity index (χ1v) is 4.53. The third-order valence-electron chi connectivity index (χ3n) is 1.82. The van der Waals surface area contributed by atoms with Crippen LogP contribution in [-0.2, 0) is 11.2 Å². The molecule has 0 aromatic carbocycles. The van der Waals surface area contributed by atoms with Crippen LogP contribution in [0.25, 0.3) is 11.6 Å². The van der Waals surface area contributed by atoms with Crippen LogP contribution in [0.3, 0.4) is 0 Å². The molecule has 0 aliphatic rings. The second kappa shape index (κ2) is 4.49. The number of nitrogens with one attached hydrogen (secondary N) is 1. The highest BCUT2D eigenvalue weighted by molar-refractivity contribution is 5.76. The maximum absolute atomic E-state index is 10.9. The monoisotopic (exact) mass is 219 g/mol. The lowest BCUT2D eigenvalue weighted by Crippen LogP contribution is -2.31. The highest BCUT2D eigenvalue weighted by Gasteiger charge is 2.11. The Morgan fingerprint density at radius 2 is 2.31 bits per heavy atom. The van der Waals surface area contributed by atoms with E-state index in [1.165, 1.54) is 0 Å². The Kier molecular flexibility index (Phi) is 2.88. The maximum atomic E-state index is 10.9. The smallest absolute Gasteiger partial charge is 0.266 e. The summed E-state index contributed by atoms with van der Waals surface area (Å²) in [7, 11) is 0. The van der Waals surface area contributed by atoms with Gasteiger partial charge < -0.3 is 4.42 Å². The normalized spacial score (nSPS) is 10.1. The first-order valence-electron chi connectivity index (χ1n) is 4.53. The van der Waals surface area contributed by atoms with E-state index in [2.05, 4.69) is 15.2 Å². The molecule has 0 aliphatic carbocycles. The van der Waals surface area contributed by atoms with Gasteiger partial charge in [0, 0.05) is 6.20 Å². The van der Waals surface area contributed by atoms with Crippen LogP contribution < -0.4 is 11.3 Å². The predicted octanol–water partition coefficient (Wildman–Crippen LogP) is -0.336. The van der Waals surface area contributed by atoms with E-state index in [9.17, 15) is 4.79 Å². The Bertz CT molecular complexity index is 482. The van der Waals surface area contributed by atoms with E-state index in [4.69, 9.17) is 10.3 Å². The number of amides is 1. The van der Waals surface area contributed by atoms with Crippen molar-refractivity contribution in [3.8, 4) is 11.6 Å². The Morgan fingerprint density at radius 1 is 1.44 bits per heavy atom. The van der Waals surface area contributed by atoms with Crippen molar-refractivity contribution in [2.24, 2.45) is 5.84 Å². The average molecular weight is 219 g/mol. The van der Waals surface area contributed by atoms with Crippen molar-refractivity contribution in [2.45, 2.75) is 6.42 Å². The molecule has 0 bridgehead atoms. The molecule has 16 heavy (non-hydrogen) atoms. The molecule has 0 aliphatic heterocycles. The zero-order valence-electron chi connectivity index (χ0n) is 8.25. The molecule has 0 spiro atoms. The van der Waals surface area contributed by atoms with E-state index in [1.54, 1.807) is 24.4 Å². The van der Waals surface area contributed by atoms with Gasteiger partial charge in [0.1, 0.15) is 12.1 Å². The number of aromatic nitrogens is 3. The minimum Gasteiger partial charge on any atom is -0.419 e. The molecule has 0 fully saturated rings. The lowest BCUT2D eigenvalue weighted by atomic mass is 10.3. The highest BCUT2D eigenvalue weighted by atomic mass is 16.4. The minimum absolute atomic E-state index is 0.0453. The van der Waals surface area contributed by atoms with Crippen molar-refractivity contribution < 1.29 is 9.21 Å². The molecule has 0 unspecified atom stereocenters. The molecule has 7 heteroatoms. The maximum Gasteiger partial charge on any atom is 0.266 e. The molecular formula is C9H9N5O2. The molecule has 0 radical (unpaired) electrons. The third kappa shape index (κ3) is 2.20. The lowest BCUT2D eigenvalue weighted by molar-refractivity contribution is -0.120. The summed E-state index contributed by atoms with van der Waals surface area (Å²) in [5.41, 5.74) is 2.54. The van der Waals surface area contributed by atoms with Crippen molar-refractivity contribution in [3.05, 3.63) is 30.3 Å². The van der Waals surface area contributed by atoms with Gasteiger partial charge in [0.05, 0.1) is 0 Å². The summed E-state index contributed by atoms with van der Waals surface area (Å²) >= 11 is 0. The SMILES string of the molecule is NNC(=O)Cc1nnc(-c2ccccn2)o1. The molecule has 2 aromatic rings. The standard InChI is InChI=1S/C9H9N5O2/c10-12-7(15)5-8-13-14-9(16-8)6-3-1-2-4-11-6/h1-4H,5,10H2,(H,12,15). The van der Waals surface area contributed by atoms with Gasteiger partial charge in [-0.25, -0.2) is 5.84 Å². The molecule has 2 heterocycles. The molecule has 0 saturated heterocycles. The first kappa shape index (κ1) is 10.2. The highest BCUT2D eigenvalue weighted by Crippen LogP contribution is 2.14. The molecule has 2 rings (SSSR count). The summed E-state index contributed by atoms with van der Waals surface area (Å²) in [5, 5.41) is 7.48. The van der Waals surface area contributed by atoms with E-state index in [0.29, 0.717) is 5.69 Å². The van der Waals surface area contributed by atoms with Crippen LogP contribution in [-0.4, -0.2) is 21.1 Å². The van der Waals surface area contributed by atoms with Crippen molar-refractivity contribution >= 4 is 5.91 Å². The summed E-state index contributed by atoms with van der Waals surface area (Å²) in [6.45, 7) is 0. The number of nitrogens with two attached hydrogens (primary N) is 1. The van der Waals surface area contributed by atoms with Crippen LogP contribution in [0.15, 0.2) is 28.8 Å². The molecule has 0 atom stereocenters. The average Bonchev–Trinajstić information content (AvgIpc) is 2.78. The van der Waals surface area contributed by atoms with Crippen LogP contribution in [0.1, 0.15) is 5.89 Å². The fourth-order valence-electron chi connectivity index (χ4n) is 1.11. The molecule has 82 valence electrons. The second-order valence-electron chi connectivity index (χ2n) is 2.96. The Labute approximate surface area is 90.7 Å². The number of carbonyl (C=O) groups excluding carboxylic acids is 1. The van der Waals surface area contributed by atoms with E-state index >= 15 is 0 Å². The van der Waals surface area contributed by atoms with E-state index in [-0.39, 0.29) is 18.2 Å². The van der Waals surface area contributed by atoms with E-state index in [1.807, 2.05) is 5.43 Å². The topological polar surface area (TPSA) is 107 Å². The minimum atomic E-state index is -0.392. The number of carbonyl (C=O) groups is 1. The van der Waals surface area contributed by atoms with Gasteiger partial charge in [0.2, 0.25) is 11.8 Å². The van der Waals surface area contributed by atoms with E-state index < -0.39 is 5.91 Å².